The largest absolute Gasteiger partial charge is 0.314 e. The smallest absolute Gasteiger partial charge is 0.214 e. The standard InChI is InChI=1S/C14H28N2O2S/c1-12-6-5-7-13(2)16(12)19(17,18)11-9-14-8-3-4-10-15-14/h12-15H,3-11H2,1-2H3/t12-,13+,14?. The van der Waals surface area contributed by atoms with Gasteiger partial charge in [-0.15, -0.1) is 0 Å². The first kappa shape index (κ1) is 15.3. The van der Waals surface area contributed by atoms with Gasteiger partial charge in [-0.3, -0.25) is 0 Å². The first-order valence-corrected chi connectivity index (χ1v) is 9.36. The Balaban J connectivity index is 1.92. The van der Waals surface area contributed by atoms with Gasteiger partial charge < -0.3 is 5.32 Å². The van der Waals surface area contributed by atoms with E-state index in [-0.39, 0.29) is 12.1 Å². The Morgan fingerprint density at radius 2 is 1.74 bits per heavy atom. The average molecular weight is 288 g/mol. The number of sulfonamides is 1. The van der Waals surface area contributed by atoms with E-state index in [0.717, 1.165) is 38.6 Å². The minimum absolute atomic E-state index is 0.174. The van der Waals surface area contributed by atoms with Crippen molar-refractivity contribution in [2.45, 2.75) is 76.9 Å². The SMILES string of the molecule is C[C@@H]1CCC[C@H](C)N1S(=O)(=O)CCC1CCCCN1. The third kappa shape index (κ3) is 3.92. The van der Waals surface area contributed by atoms with Crippen LogP contribution in [0.2, 0.25) is 0 Å². The number of rotatable bonds is 4. The van der Waals surface area contributed by atoms with Gasteiger partial charge in [0.05, 0.1) is 5.75 Å². The molecule has 1 N–H and O–H groups in total. The molecule has 2 saturated heterocycles. The Kier molecular flexibility index (Phi) is 5.26. The van der Waals surface area contributed by atoms with E-state index >= 15 is 0 Å². The highest BCUT2D eigenvalue weighted by Gasteiger charge is 2.34. The summed E-state index contributed by atoms with van der Waals surface area (Å²) in [6, 6.07) is 0.750. The van der Waals surface area contributed by atoms with Gasteiger partial charge in [-0.25, -0.2) is 8.42 Å². The van der Waals surface area contributed by atoms with Crippen molar-refractivity contribution in [1.82, 2.24) is 9.62 Å². The van der Waals surface area contributed by atoms with Crippen LogP contribution in [0.4, 0.5) is 0 Å². The summed E-state index contributed by atoms with van der Waals surface area (Å²) in [6.07, 6.45) is 7.51. The molecule has 2 aliphatic heterocycles. The van der Waals surface area contributed by atoms with E-state index in [1.165, 1.54) is 12.8 Å². The van der Waals surface area contributed by atoms with Crippen LogP contribution in [0, 0.1) is 0 Å². The molecule has 0 aromatic heterocycles. The van der Waals surface area contributed by atoms with Crippen LogP contribution < -0.4 is 5.32 Å². The first-order chi connectivity index (χ1) is 9.00. The average Bonchev–Trinajstić information content (AvgIpc) is 2.37. The molecule has 2 rings (SSSR count). The Morgan fingerprint density at radius 1 is 1.05 bits per heavy atom. The first-order valence-electron chi connectivity index (χ1n) is 7.75. The maximum atomic E-state index is 12.5. The van der Waals surface area contributed by atoms with Crippen LogP contribution in [-0.2, 0) is 10.0 Å². The van der Waals surface area contributed by atoms with Gasteiger partial charge >= 0.3 is 0 Å². The summed E-state index contributed by atoms with van der Waals surface area (Å²) >= 11 is 0. The molecule has 0 aliphatic carbocycles. The van der Waals surface area contributed by atoms with Crippen molar-refractivity contribution in [3.63, 3.8) is 0 Å². The molecule has 4 nitrogen and oxygen atoms in total. The molecule has 3 atom stereocenters. The molecule has 0 radical (unpaired) electrons. The molecule has 2 heterocycles. The lowest BCUT2D eigenvalue weighted by molar-refractivity contribution is 0.203. The summed E-state index contributed by atoms with van der Waals surface area (Å²) < 4.78 is 26.9. The summed E-state index contributed by atoms with van der Waals surface area (Å²) in [4.78, 5) is 0. The lowest BCUT2D eigenvalue weighted by Crippen LogP contribution is -2.49. The molecular formula is C14H28N2O2S. The molecular weight excluding hydrogens is 260 g/mol. The van der Waals surface area contributed by atoms with Crippen molar-refractivity contribution >= 4 is 10.0 Å². The molecule has 2 fully saturated rings. The molecule has 0 spiro atoms. The van der Waals surface area contributed by atoms with Crippen LogP contribution in [0.1, 0.15) is 58.8 Å². The van der Waals surface area contributed by atoms with Gasteiger partial charge in [0, 0.05) is 18.1 Å². The second kappa shape index (κ2) is 6.55. The minimum Gasteiger partial charge on any atom is -0.314 e. The predicted molar refractivity (Wildman–Crippen MR) is 78.7 cm³/mol. The predicted octanol–water partition coefficient (Wildman–Crippen LogP) is 2.11. The Labute approximate surface area is 118 Å². The summed E-state index contributed by atoms with van der Waals surface area (Å²) in [5.74, 6) is 0.305. The second-order valence-electron chi connectivity index (χ2n) is 6.21. The van der Waals surface area contributed by atoms with Crippen molar-refractivity contribution < 1.29 is 8.42 Å². The van der Waals surface area contributed by atoms with Crippen molar-refractivity contribution in [3.8, 4) is 0 Å². The van der Waals surface area contributed by atoms with Crippen molar-refractivity contribution in [2.75, 3.05) is 12.3 Å². The fourth-order valence-corrected chi connectivity index (χ4v) is 5.61. The van der Waals surface area contributed by atoms with E-state index < -0.39 is 10.0 Å². The lowest BCUT2D eigenvalue weighted by Gasteiger charge is -2.38. The van der Waals surface area contributed by atoms with Crippen LogP contribution in [0.15, 0.2) is 0 Å². The molecule has 1 unspecified atom stereocenters. The molecule has 0 aromatic carbocycles. The fourth-order valence-electron chi connectivity index (χ4n) is 3.51. The van der Waals surface area contributed by atoms with Crippen molar-refractivity contribution in [3.05, 3.63) is 0 Å². The highest BCUT2D eigenvalue weighted by Crippen LogP contribution is 2.26. The lowest BCUT2D eigenvalue weighted by atomic mass is 10.0. The zero-order valence-corrected chi connectivity index (χ0v) is 13.1. The third-order valence-electron chi connectivity index (χ3n) is 4.57. The van der Waals surface area contributed by atoms with E-state index in [4.69, 9.17) is 0 Å². The highest BCUT2D eigenvalue weighted by atomic mass is 32.2. The highest BCUT2D eigenvalue weighted by molar-refractivity contribution is 7.89. The van der Waals surface area contributed by atoms with E-state index in [0.29, 0.717) is 11.8 Å². The minimum atomic E-state index is -3.09. The normalized spacial score (nSPS) is 34.3. The number of piperidine rings is 2. The van der Waals surface area contributed by atoms with Gasteiger partial charge in [-0.05, 0) is 52.5 Å². The van der Waals surface area contributed by atoms with Gasteiger partial charge in [-0.2, -0.15) is 4.31 Å². The van der Waals surface area contributed by atoms with Crippen LogP contribution >= 0.6 is 0 Å². The number of hydrogen-bond acceptors (Lipinski definition) is 3. The van der Waals surface area contributed by atoms with Crippen LogP contribution in [-0.4, -0.2) is 43.1 Å². The van der Waals surface area contributed by atoms with Gasteiger partial charge in [0.2, 0.25) is 10.0 Å². The van der Waals surface area contributed by atoms with Crippen LogP contribution in [0.25, 0.3) is 0 Å². The van der Waals surface area contributed by atoms with E-state index in [1.807, 2.05) is 13.8 Å². The quantitative estimate of drug-likeness (QED) is 0.862. The molecule has 0 aromatic rings. The third-order valence-corrected chi connectivity index (χ3v) is 6.68. The van der Waals surface area contributed by atoms with Gasteiger partial charge in [0.15, 0.2) is 0 Å². The second-order valence-corrected chi connectivity index (χ2v) is 8.20. The zero-order chi connectivity index (χ0) is 13.9. The molecule has 2 aliphatic rings. The maximum absolute atomic E-state index is 12.5. The van der Waals surface area contributed by atoms with E-state index in [9.17, 15) is 8.42 Å². The van der Waals surface area contributed by atoms with Crippen molar-refractivity contribution in [1.29, 1.82) is 0 Å². The van der Waals surface area contributed by atoms with Gasteiger partial charge in [-0.1, -0.05) is 12.8 Å². The molecule has 0 amide bonds. The Morgan fingerprint density at radius 3 is 2.32 bits per heavy atom. The van der Waals surface area contributed by atoms with Crippen LogP contribution in [0.5, 0.6) is 0 Å². The zero-order valence-electron chi connectivity index (χ0n) is 12.3. The molecule has 112 valence electrons. The number of hydrogen-bond donors (Lipinski definition) is 1. The van der Waals surface area contributed by atoms with Gasteiger partial charge in [0.25, 0.3) is 0 Å². The molecule has 0 bridgehead atoms. The molecule has 5 heteroatoms. The Bertz CT molecular complexity index is 367. The summed E-state index contributed by atoms with van der Waals surface area (Å²) in [7, 11) is -3.09. The summed E-state index contributed by atoms with van der Waals surface area (Å²) in [5.41, 5.74) is 0. The maximum Gasteiger partial charge on any atom is 0.214 e. The summed E-state index contributed by atoms with van der Waals surface area (Å²) in [6.45, 7) is 5.14. The number of nitrogens with one attached hydrogen (secondary N) is 1. The Hall–Kier alpha value is -0.130. The van der Waals surface area contributed by atoms with Crippen LogP contribution in [0.3, 0.4) is 0 Å². The number of nitrogens with zero attached hydrogens (tertiary/aromatic N) is 1. The van der Waals surface area contributed by atoms with E-state index in [2.05, 4.69) is 5.32 Å². The molecule has 19 heavy (non-hydrogen) atoms. The molecule has 0 saturated carbocycles. The summed E-state index contributed by atoms with van der Waals surface area (Å²) in [5, 5.41) is 3.43. The van der Waals surface area contributed by atoms with E-state index in [1.54, 1.807) is 4.31 Å². The van der Waals surface area contributed by atoms with Gasteiger partial charge in [0.1, 0.15) is 0 Å². The topological polar surface area (TPSA) is 49.4 Å². The fraction of sp³-hybridized carbons (Fsp3) is 1.00. The van der Waals surface area contributed by atoms with Crippen molar-refractivity contribution in [2.24, 2.45) is 0 Å². The monoisotopic (exact) mass is 288 g/mol.